The molecule has 21 heavy (non-hydrogen) atoms. The lowest BCUT2D eigenvalue weighted by Crippen LogP contribution is -2.05. The zero-order chi connectivity index (χ0) is 15.2. The van der Waals surface area contributed by atoms with Crippen LogP contribution < -0.4 is 10.6 Å². The van der Waals surface area contributed by atoms with Crippen molar-refractivity contribution in [2.75, 3.05) is 16.4 Å². The molecule has 0 radical (unpaired) electrons. The maximum atomic E-state index is 11.0. The minimum Gasteiger partial charge on any atom is -0.330 e. The highest BCUT2D eigenvalue weighted by atomic mass is 35.5. The van der Waals surface area contributed by atoms with Crippen LogP contribution in [0.25, 0.3) is 0 Å². The second-order valence-electron chi connectivity index (χ2n) is 4.07. The van der Waals surface area contributed by atoms with Gasteiger partial charge in [-0.05, 0) is 18.2 Å². The molecule has 0 saturated heterocycles. The first-order valence-electron chi connectivity index (χ1n) is 5.97. The zero-order valence-electron chi connectivity index (χ0n) is 11.2. The summed E-state index contributed by atoms with van der Waals surface area (Å²) >= 11 is 8.63. The summed E-state index contributed by atoms with van der Waals surface area (Å²) in [5.41, 5.74) is 1.56. The van der Waals surface area contributed by atoms with Crippen LogP contribution in [-0.2, 0) is 4.79 Å². The van der Waals surface area contributed by atoms with Crippen LogP contribution >= 0.6 is 34.7 Å². The molecule has 0 spiro atoms. The van der Waals surface area contributed by atoms with E-state index in [9.17, 15) is 4.79 Å². The highest BCUT2D eigenvalue weighted by Crippen LogP contribution is 2.29. The summed E-state index contributed by atoms with van der Waals surface area (Å²) in [5, 5.41) is 15.2. The van der Waals surface area contributed by atoms with E-state index in [4.69, 9.17) is 11.6 Å². The average Bonchev–Trinajstić information content (AvgIpc) is 2.83. The number of aromatic nitrogens is 2. The van der Waals surface area contributed by atoms with Crippen LogP contribution in [0.1, 0.15) is 6.92 Å². The van der Waals surface area contributed by atoms with Crippen molar-refractivity contribution in [3.05, 3.63) is 35.9 Å². The van der Waals surface area contributed by atoms with Gasteiger partial charge in [-0.25, -0.2) is 0 Å². The number of carbonyl (C=O) groups excluding carboxylic acids is 1. The fourth-order valence-corrected chi connectivity index (χ4v) is 3.15. The number of nitrogens with zero attached hydrogens (tertiary/aromatic N) is 2. The van der Waals surface area contributed by atoms with Crippen molar-refractivity contribution in [3.8, 4) is 0 Å². The molecule has 0 saturated carbocycles. The molecule has 5 nitrogen and oxygen atoms in total. The Morgan fingerprint density at radius 2 is 2.19 bits per heavy atom. The molecule has 0 aliphatic rings. The van der Waals surface area contributed by atoms with Crippen molar-refractivity contribution < 1.29 is 4.79 Å². The predicted molar refractivity (Wildman–Crippen MR) is 89.7 cm³/mol. The van der Waals surface area contributed by atoms with E-state index in [0.717, 1.165) is 15.7 Å². The smallest absolute Gasteiger partial charge is 0.221 e. The summed E-state index contributed by atoms with van der Waals surface area (Å²) < 4.78 is 0.817. The summed E-state index contributed by atoms with van der Waals surface area (Å²) in [5.74, 6) is 0.497. The highest BCUT2D eigenvalue weighted by Gasteiger charge is 2.06. The van der Waals surface area contributed by atoms with Crippen LogP contribution in [0.15, 0.2) is 40.2 Å². The third kappa shape index (κ3) is 5.37. The van der Waals surface area contributed by atoms with Gasteiger partial charge in [0.1, 0.15) is 0 Å². The Kier molecular flexibility index (Phi) is 5.60. The van der Waals surface area contributed by atoms with Crippen LogP contribution in [0, 0.1) is 0 Å². The molecule has 2 N–H and O–H groups in total. The second-order valence-corrected chi connectivity index (χ2v) is 6.80. The topological polar surface area (TPSA) is 66.9 Å². The van der Waals surface area contributed by atoms with Gasteiger partial charge in [0, 0.05) is 29.1 Å². The fraction of sp³-hybridized carbons (Fsp3) is 0.154. The molecule has 1 heterocycles. The van der Waals surface area contributed by atoms with E-state index in [1.807, 2.05) is 24.3 Å². The molecule has 0 atom stereocenters. The molecule has 1 aromatic heterocycles. The molecule has 1 amide bonds. The van der Waals surface area contributed by atoms with E-state index in [1.165, 1.54) is 30.0 Å². The van der Waals surface area contributed by atoms with Crippen molar-refractivity contribution in [2.45, 2.75) is 11.3 Å². The van der Waals surface area contributed by atoms with Crippen molar-refractivity contribution in [1.82, 2.24) is 10.2 Å². The first kappa shape index (κ1) is 15.8. The Labute approximate surface area is 135 Å². The number of hydrogen-bond donors (Lipinski definition) is 2. The van der Waals surface area contributed by atoms with Gasteiger partial charge >= 0.3 is 0 Å². The summed E-state index contributed by atoms with van der Waals surface area (Å²) in [6.07, 6.45) is 0. The first-order chi connectivity index (χ1) is 10.0. The fourth-order valence-electron chi connectivity index (χ4n) is 1.46. The summed E-state index contributed by atoms with van der Waals surface area (Å²) in [6.45, 7) is 5.10. The number of hydrogen-bond acceptors (Lipinski definition) is 6. The van der Waals surface area contributed by atoms with E-state index in [1.54, 1.807) is 0 Å². The van der Waals surface area contributed by atoms with Crippen molar-refractivity contribution in [2.24, 2.45) is 0 Å². The Balaban J connectivity index is 2.01. The molecule has 0 aliphatic heterocycles. The molecule has 1 aromatic carbocycles. The lowest BCUT2D eigenvalue weighted by molar-refractivity contribution is -0.114. The van der Waals surface area contributed by atoms with Gasteiger partial charge in [-0.15, -0.1) is 10.2 Å². The number of nitrogens with one attached hydrogen (secondary N) is 2. The van der Waals surface area contributed by atoms with Crippen molar-refractivity contribution in [1.29, 1.82) is 0 Å². The Morgan fingerprint density at radius 1 is 1.43 bits per heavy atom. The quantitative estimate of drug-likeness (QED) is 0.775. The van der Waals surface area contributed by atoms with Crippen LogP contribution in [0.2, 0.25) is 0 Å². The largest absolute Gasteiger partial charge is 0.330 e. The monoisotopic (exact) mass is 340 g/mol. The van der Waals surface area contributed by atoms with Gasteiger partial charge in [0.25, 0.3) is 0 Å². The minimum absolute atomic E-state index is 0.108. The number of carbonyl (C=O) groups is 1. The molecule has 2 rings (SSSR count). The second kappa shape index (κ2) is 7.44. The summed E-state index contributed by atoms with van der Waals surface area (Å²) in [6, 6.07) is 7.39. The third-order valence-corrected chi connectivity index (χ3v) is 4.54. The summed E-state index contributed by atoms with van der Waals surface area (Å²) in [4.78, 5) is 11.0. The van der Waals surface area contributed by atoms with E-state index in [-0.39, 0.29) is 5.91 Å². The number of benzene rings is 1. The normalized spacial score (nSPS) is 10.2. The minimum atomic E-state index is -0.108. The van der Waals surface area contributed by atoms with E-state index in [0.29, 0.717) is 15.9 Å². The maximum Gasteiger partial charge on any atom is 0.221 e. The highest BCUT2D eigenvalue weighted by molar-refractivity contribution is 8.01. The molecule has 2 aromatic rings. The van der Waals surface area contributed by atoms with Crippen molar-refractivity contribution >= 4 is 57.1 Å². The Morgan fingerprint density at radius 3 is 2.90 bits per heavy atom. The lowest BCUT2D eigenvalue weighted by atomic mass is 10.3. The lowest BCUT2D eigenvalue weighted by Gasteiger charge is -2.05. The van der Waals surface area contributed by atoms with Gasteiger partial charge in [0.05, 0.1) is 0 Å². The average molecular weight is 341 g/mol. The number of amides is 1. The zero-order valence-corrected chi connectivity index (χ0v) is 13.6. The Hall–Kier alpha value is -1.57. The number of thioether (sulfide) groups is 1. The van der Waals surface area contributed by atoms with Gasteiger partial charge in [-0.1, -0.05) is 47.3 Å². The molecular formula is C13H13ClN4OS2. The number of rotatable bonds is 6. The van der Waals surface area contributed by atoms with E-state index in [2.05, 4.69) is 27.4 Å². The van der Waals surface area contributed by atoms with E-state index >= 15 is 0 Å². The van der Waals surface area contributed by atoms with E-state index < -0.39 is 0 Å². The molecule has 110 valence electrons. The molecule has 0 fully saturated rings. The molecule has 0 aliphatic carbocycles. The maximum absolute atomic E-state index is 11.0. The predicted octanol–water partition coefficient (Wildman–Crippen LogP) is 4.08. The molecular weight excluding hydrogens is 328 g/mol. The molecule has 0 unspecified atom stereocenters. The van der Waals surface area contributed by atoms with Gasteiger partial charge in [-0.3, -0.25) is 4.79 Å². The van der Waals surface area contributed by atoms with Gasteiger partial charge < -0.3 is 10.6 Å². The first-order valence-corrected chi connectivity index (χ1v) is 8.15. The number of halogens is 1. The standard InChI is InChI=1S/C13H13ClN4OS2/c1-8(14)7-20-13-18-17-12(21-13)16-11-5-3-4-10(6-11)15-9(2)19/h3-6H,1,7H2,2H3,(H,15,19)(H,16,17). The Bertz CT molecular complexity index is 659. The summed E-state index contributed by atoms with van der Waals surface area (Å²) in [7, 11) is 0. The van der Waals surface area contributed by atoms with Gasteiger partial charge in [0.2, 0.25) is 11.0 Å². The molecule has 0 bridgehead atoms. The van der Waals surface area contributed by atoms with Crippen LogP contribution in [0.3, 0.4) is 0 Å². The van der Waals surface area contributed by atoms with Crippen LogP contribution in [0.4, 0.5) is 16.5 Å². The number of anilines is 3. The van der Waals surface area contributed by atoms with Crippen LogP contribution in [-0.4, -0.2) is 21.9 Å². The van der Waals surface area contributed by atoms with Crippen molar-refractivity contribution in [3.63, 3.8) is 0 Å². The molecule has 8 heteroatoms. The van der Waals surface area contributed by atoms with Gasteiger partial charge in [-0.2, -0.15) is 0 Å². The van der Waals surface area contributed by atoms with Crippen LogP contribution in [0.5, 0.6) is 0 Å². The third-order valence-electron chi connectivity index (χ3n) is 2.19. The SMILES string of the molecule is C=C(Cl)CSc1nnc(Nc2cccc(NC(C)=O)c2)s1. The van der Waals surface area contributed by atoms with Gasteiger partial charge in [0.15, 0.2) is 4.34 Å².